The molecule has 5 nitrogen and oxygen atoms in total. The fraction of sp³-hybridized carbons (Fsp3) is 0.188. The number of aliphatic hydroxyl groups excluding tert-OH is 1. The number of hydrogen-bond donors (Lipinski definition) is 4. The van der Waals surface area contributed by atoms with Gasteiger partial charge in [0.25, 0.3) is 0 Å². The van der Waals surface area contributed by atoms with Gasteiger partial charge in [0.05, 0.1) is 30.2 Å². The minimum atomic E-state index is -0.0936. The van der Waals surface area contributed by atoms with Crippen LogP contribution in [0.5, 0.6) is 0 Å². The Balaban J connectivity index is 2.77. The Morgan fingerprint density at radius 1 is 1.38 bits per heavy atom. The highest BCUT2D eigenvalue weighted by atomic mass is 16.3. The molecule has 0 unspecified atom stereocenters. The molecule has 0 fully saturated rings. The Labute approximate surface area is 125 Å². The molecule has 0 radical (unpaired) electrons. The number of nitrogens with two attached hydrogens (primary N) is 2. The Hall–Kier alpha value is -2.53. The SMILES string of the molecule is C=C/C=C(\C)C(=C)/C(N)=C(\N)NCc1cccc(CO)n1. The molecule has 1 aromatic rings. The largest absolute Gasteiger partial charge is 0.395 e. The molecule has 0 spiro atoms. The summed E-state index contributed by atoms with van der Waals surface area (Å²) in [6.07, 6.45) is 3.48. The molecule has 0 saturated carbocycles. The summed E-state index contributed by atoms with van der Waals surface area (Å²) in [4.78, 5) is 4.25. The number of nitrogens with zero attached hydrogens (tertiary/aromatic N) is 1. The van der Waals surface area contributed by atoms with Crippen LogP contribution < -0.4 is 16.8 Å². The summed E-state index contributed by atoms with van der Waals surface area (Å²) in [5.41, 5.74) is 15.2. The average molecular weight is 286 g/mol. The van der Waals surface area contributed by atoms with E-state index in [0.717, 1.165) is 11.3 Å². The third-order valence-corrected chi connectivity index (χ3v) is 2.95. The van der Waals surface area contributed by atoms with E-state index in [-0.39, 0.29) is 6.61 Å². The molecule has 0 atom stereocenters. The van der Waals surface area contributed by atoms with Crippen molar-refractivity contribution in [2.24, 2.45) is 11.5 Å². The molecule has 0 aromatic carbocycles. The molecular formula is C16H22N4O. The molecule has 0 aliphatic rings. The first-order valence-electron chi connectivity index (χ1n) is 6.53. The Bertz CT molecular complexity index is 588. The molecule has 21 heavy (non-hydrogen) atoms. The van der Waals surface area contributed by atoms with E-state index in [0.29, 0.717) is 29.3 Å². The molecule has 0 amide bonds. The number of aliphatic hydroxyl groups is 1. The van der Waals surface area contributed by atoms with Gasteiger partial charge in [-0.25, -0.2) is 0 Å². The highest BCUT2D eigenvalue weighted by molar-refractivity contribution is 5.44. The van der Waals surface area contributed by atoms with Crippen molar-refractivity contribution < 1.29 is 5.11 Å². The molecule has 0 aliphatic carbocycles. The van der Waals surface area contributed by atoms with Crippen molar-refractivity contribution in [2.45, 2.75) is 20.1 Å². The second-order valence-corrected chi connectivity index (χ2v) is 4.52. The second-order valence-electron chi connectivity index (χ2n) is 4.52. The van der Waals surface area contributed by atoms with Crippen LogP contribution in [0.15, 0.2) is 66.2 Å². The van der Waals surface area contributed by atoms with E-state index >= 15 is 0 Å². The summed E-state index contributed by atoms with van der Waals surface area (Å²) in [7, 11) is 0. The highest BCUT2D eigenvalue weighted by Crippen LogP contribution is 2.14. The lowest BCUT2D eigenvalue weighted by Gasteiger charge is -2.13. The van der Waals surface area contributed by atoms with Crippen LogP contribution >= 0.6 is 0 Å². The van der Waals surface area contributed by atoms with Gasteiger partial charge in [0.1, 0.15) is 5.82 Å². The van der Waals surface area contributed by atoms with Gasteiger partial charge in [0.15, 0.2) is 0 Å². The molecule has 0 saturated heterocycles. The molecule has 6 N–H and O–H groups in total. The van der Waals surface area contributed by atoms with Crippen molar-refractivity contribution >= 4 is 0 Å². The monoisotopic (exact) mass is 286 g/mol. The minimum Gasteiger partial charge on any atom is -0.395 e. The zero-order valence-corrected chi connectivity index (χ0v) is 12.3. The third-order valence-electron chi connectivity index (χ3n) is 2.95. The molecule has 1 heterocycles. The standard InChI is InChI=1S/C16H22N4O/c1-4-6-11(2)12(3)15(17)16(18)19-9-13-7-5-8-14(10-21)20-13/h4-8,19,21H,1,3,9-10,17-18H2,2H3/b11-6+,16-15-. The molecule has 1 rings (SSSR count). The molecule has 1 aromatic heterocycles. The summed E-state index contributed by atoms with van der Waals surface area (Å²) < 4.78 is 0. The zero-order chi connectivity index (χ0) is 15.8. The maximum atomic E-state index is 9.05. The lowest BCUT2D eigenvalue weighted by atomic mass is 10.1. The van der Waals surface area contributed by atoms with Crippen molar-refractivity contribution in [3.63, 3.8) is 0 Å². The predicted octanol–water partition coefficient (Wildman–Crippen LogP) is 1.44. The Morgan fingerprint density at radius 2 is 2.05 bits per heavy atom. The number of nitrogens with one attached hydrogen (secondary N) is 1. The number of aromatic nitrogens is 1. The number of allylic oxidation sites excluding steroid dienone is 3. The van der Waals surface area contributed by atoms with Crippen LogP contribution in [0.25, 0.3) is 0 Å². The Morgan fingerprint density at radius 3 is 2.67 bits per heavy atom. The van der Waals surface area contributed by atoms with Crippen molar-refractivity contribution in [2.75, 3.05) is 0 Å². The smallest absolute Gasteiger partial charge is 0.121 e. The maximum absolute atomic E-state index is 9.05. The van der Waals surface area contributed by atoms with E-state index in [9.17, 15) is 0 Å². The van der Waals surface area contributed by atoms with E-state index in [4.69, 9.17) is 16.6 Å². The van der Waals surface area contributed by atoms with Crippen molar-refractivity contribution in [1.82, 2.24) is 10.3 Å². The van der Waals surface area contributed by atoms with Gasteiger partial charge in [-0.15, -0.1) is 0 Å². The van der Waals surface area contributed by atoms with Gasteiger partial charge in [0, 0.05) is 0 Å². The third kappa shape index (κ3) is 4.81. The van der Waals surface area contributed by atoms with Gasteiger partial charge in [-0.05, 0) is 30.2 Å². The van der Waals surface area contributed by atoms with Gasteiger partial charge in [-0.2, -0.15) is 0 Å². The van der Waals surface area contributed by atoms with Crippen LogP contribution in [-0.4, -0.2) is 10.1 Å². The van der Waals surface area contributed by atoms with Crippen molar-refractivity contribution in [3.8, 4) is 0 Å². The molecular weight excluding hydrogens is 264 g/mol. The maximum Gasteiger partial charge on any atom is 0.121 e. The van der Waals surface area contributed by atoms with Crippen LogP contribution in [0.1, 0.15) is 18.3 Å². The van der Waals surface area contributed by atoms with Crippen molar-refractivity contribution in [1.29, 1.82) is 0 Å². The topological polar surface area (TPSA) is 97.2 Å². The second kappa shape index (κ2) is 7.91. The van der Waals surface area contributed by atoms with E-state index < -0.39 is 0 Å². The summed E-state index contributed by atoms with van der Waals surface area (Å²) in [5.74, 6) is 0.341. The summed E-state index contributed by atoms with van der Waals surface area (Å²) in [6.45, 7) is 9.74. The first kappa shape index (κ1) is 16.5. The van der Waals surface area contributed by atoms with Crippen LogP contribution in [0.2, 0.25) is 0 Å². The zero-order valence-electron chi connectivity index (χ0n) is 12.3. The van der Waals surface area contributed by atoms with Gasteiger partial charge >= 0.3 is 0 Å². The van der Waals surface area contributed by atoms with Gasteiger partial charge < -0.3 is 21.9 Å². The summed E-state index contributed by atoms with van der Waals surface area (Å²) >= 11 is 0. The van der Waals surface area contributed by atoms with E-state index in [1.54, 1.807) is 12.1 Å². The first-order valence-corrected chi connectivity index (χ1v) is 6.53. The number of hydrogen-bond acceptors (Lipinski definition) is 5. The lowest BCUT2D eigenvalue weighted by molar-refractivity contribution is 0.276. The number of pyridine rings is 1. The van der Waals surface area contributed by atoms with Crippen LogP contribution in [-0.2, 0) is 13.2 Å². The molecule has 0 bridgehead atoms. The van der Waals surface area contributed by atoms with Gasteiger partial charge in [0.2, 0.25) is 0 Å². The molecule has 0 aliphatic heterocycles. The highest BCUT2D eigenvalue weighted by Gasteiger charge is 2.06. The quantitative estimate of drug-likeness (QED) is 0.569. The molecule has 112 valence electrons. The predicted molar refractivity (Wildman–Crippen MR) is 85.5 cm³/mol. The Kier molecular flexibility index (Phi) is 6.23. The fourth-order valence-corrected chi connectivity index (χ4v) is 1.65. The van der Waals surface area contributed by atoms with E-state index in [1.165, 1.54) is 0 Å². The summed E-state index contributed by atoms with van der Waals surface area (Å²) in [6, 6.07) is 5.42. The van der Waals surface area contributed by atoms with Crippen LogP contribution in [0.3, 0.4) is 0 Å². The van der Waals surface area contributed by atoms with Crippen LogP contribution in [0, 0.1) is 0 Å². The van der Waals surface area contributed by atoms with Crippen LogP contribution in [0.4, 0.5) is 0 Å². The lowest BCUT2D eigenvalue weighted by Crippen LogP contribution is -2.25. The normalized spacial score (nSPS) is 12.6. The fourth-order valence-electron chi connectivity index (χ4n) is 1.65. The van der Waals surface area contributed by atoms with Crippen molar-refractivity contribution in [3.05, 3.63) is 77.6 Å². The van der Waals surface area contributed by atoms with Gasteiger partial charge in [-0.3, -0.25) is 4.98 Å². The van der Waals surface area contributed by atoms with E-state index in [1.807, 2.05) is 25.1 Å². The van der Waals surface area contributed by atoms with Gasteiger partial charge in [-0.1, -0.05) is 31.4 Å². The number of rotatable bonds is 7. The summed E-state index contributed by atoms with van der Waals surface area (Å²) in [5, 5.41) is 12.1. The van der Waals surface area contributed by atoms with E-state index in [2.05, 4.69) is 23.5 Å². The molecule has 5 heteroatoms. The minimum absolute atomic E-state index is 0.0936. The first-order chi connectivity index (χ1) is 9.99. The average Bonchev–Trinajstić information content (AvgIpc) is 2.51.